The molecular weight excluding hydrogens is 302 g/mol. The van der Waals surface area contributed by atoms with Crippen LogP contribution in [0.25, 0.3) is 0 Å². The lowest BCUT2D eigenvalue weighted by molar-refractivity contribution is -0.133. The maximum Gasteiger partial charge on any atom is 0.226 e. The fourth-order valence-corrected chi connectivity index (χ4v) is 3.85. The zero-order chi connectivity index (χ0) is 18.1. The second kappa shape index (κ2) is 7.54. The summed E-state index contributed by atoms with van der Waals surface area (Å²) in [6.07, 6.45) is 1.74. The SMILES string of the molecule is CC(C)=CC1C(C(=O)N(C)CC(O)CN2CCN(C)CC2)C1(C)C. The van der Waals surface area contributed by atoms with Gasteiger partial charge in [0.1, 0.15) is 0 Å². The van der Waals surface area contributed by atoms with Gasteiger partial charge in [-0.2, -0.15) is 0 Å². The Bertz CT molecular complexity index is 477. The summed E-state index contributed by atoms with van der Waals surface area (Å²) in [5.41, 5.74) is 1.30. The van der Waals surface area contributed by atoms with E-state index in [0.717, 1.165) is 26.2 Å². The van der Waals surface area contributed by atoms with Gasteiger partial charge in [0, 0.05) is 46.3 Å². The molecule has 1 aliphatic heterocycles. The summed E-state index contributed by atoms with van der Waals surface area (Å²) in [6, 6.07) is 0. The number of allylic oxidation sites excluding steroid dienone is 2. The Hall–Kier alpha value is -0.910. The van der Waals surface area contributed by atoms with Crippen LogP contribution in [0, 0.1) is 17.3 Å². The van der Waals surface area contributed by atoms with Gasteiger partial charge in [-0.3, -0.25) is 9.69 Å². The maximum absolute atomic E-state index is 12.7. The third-order valence-electron chi connectivity index (χ3n) is 5.62. The number of carbonyl (C=O) groups is 1. The summed E-state index contributed by atoms with van der Waals surface area (Å²) < 4.78 is 0. The van der Waals surface area contributed by atoms with E-state index in [4.69, 9.17) is 0 Å². The quantitative estimate of drug-likeness (QED) is 0.742. The minimum absolute atomic E-state index is 0.0328. The number of carbonyl (C=O) groups excluding carboxylic acids is 1. The Kier molecular flexibility index (Phi) is 6.10. The van der Waals surface area contributed by atoms with E-state index in [1.165, 1.54) is 5.57 Å². The van der Waals surface area contributed by atoms with Crippen LogP contribution in [-0.4, -0.2) is 85.2 Å². The first kappa shape index (κ1) is 19.4. The highest BCUT2D eigenvalue weighted by molar-refractivity contribution is 5.83. The predicted octanol–water partition coefficient (Wildman–Crippen LogP) is 1.29. The number of hydrogen-bond acceptors (Lipinski definition) is 4. The first-order valence-electron chi connectivity index (χ1n) is 9.12. The number of amides is 1. The van der Waals surface area contributed by atoms with Crippen LogP contribution in [0.3, 0.4) is 0 Å². The van der Waals surface area contributed by atoms with Crippen molar-refractivity contribution in [1.82, 2.24) is 14.7 Å². The molecule has 0 spiro atoms. The van der Waals surface area contributed by atoms with Crippen molar-refractivity contribution in [1.29, 1.82) is 0 Å². The number of hydrogen-bond donors (Lipinski definition) is 1. The monoisotopic (exact) mass is 337 g/mol. The molecule has 3 unspecified atom stereocenters. The molecule has 1 saturated heterocycles. The molecule has 1 amide bonds. The molecule has 0 aromatic heterocycles. The number of rotatable bonds is 6. The molecule has 5 nitrogen and oxygen atoms in total. The van der Waals surface area contributed by atoms with Crippen LogP contribution in [0.4, 0.5) is 0 Å². The van der Waals surface area contributed by atoms with Gasteiger partial charge in [0.25, 0.3) is 0 Å². The molecular formula is C19H35N3O2. The van der Waals surface area contributed by atoms with Crippen LogP contribution in [0.1, 0.15) is 27.7 Å². The van der Waals surface area contributed by atoms with Gasteiger partial charge in [-0.05, 0) is 32.2 Å². The van der Waals surface area contributed by atoms with Crippen LogP contribution >= 0.6 is 0 Å². The highest BCUT2D eigenvalue weighted by Gasteiger charge is 2.60. The van der Waals surface area contributed by atoms with E-state index < -0.39 is 6.10 Å². The van der Waals surface area contributed by atoms with Crippen molar-refractivity contribution in [3.63, 3.8) is 0 Å². The zero-order valence-electron chi connectivity index (χ0n) is 16.2. The van der Waals surface area contributed by atoms with Crippen molar-refractivity contribution in [2.24, 2.45) is 17.3 Å². The smallest absolute Gasteiger partial charge is 0.226 e. The highest BCUT2D eigenvalue weighted by atomic mass is 16.3. The van der Waals surface area contributed by atoms with E-state index in [-0.39, 0.29) is 17.2 Å². The number of aliphatic hydroxyl groups is 1. The second-order valence-electron chi connectivity index (χ2n) is 8.55. The second-order valence-corrected chi connectivity index (χ2v) is 8.55. The normalized spacial score (nSPS) is 28.3. The molecule has 3 atom stereocenters. The largest absolute Gasteiger partial charge is 0.390 e. The molecule has 0 aromatic carbocycles. The van der Waals surface area contributed by atoms with E-state index in [9.17, 15) is 9.90 Å². The van der Waals surface area contributed by atoms with Crippen LogP contribution in [-0.2, 0) is 4.79 Å². The maximum atomic E-state index is 12.7. The van der Waals surface area contributed by atoms with E-state index in [0.29, 0.717) is 19.0 Å². The molecule has 0 aromatic rings. The number of nitrogens with zero attached hydrogens (tertiary/aromatic N) is 3. The average molecular weight is 338 g/mol. The summed E-state index contributed by atoms with van der Waals surface area (Å²) >= 11 is 0. The third kappa shape index (κ3) is 4.58. The molecule has 2 rings (SSSR count). The van der Waals surface area contributed by atoms with Crippen molar-refractivity contribution in [2.45, 2.75) is 33.8 Å². The summed E-state index contributed by atoms with van der Waals surface area (Å²) in [7, 11) is 3.95. The standard InChI is InChI=1S/C19H35N3O2/c1-14(2)11-16-17(19(16,3)4)18(24)21(6)12-15(23)13-22-9-7-20(5)8-10-22/h11,15-17,23H,7-10,12-13H2,1-6H3. The van der Waals surface area contributed by atoms with Crippen molar-refractivity contribution < 1.29 is 9.90 Å². The van der Waals surface area contributed by atoms with Crippen molar-refractivity contribution in [3.8, 4) is 0 Å². The number of β-amino-alcohol motifs (C(OH)–C–C–N with tert-alkyl or cyclic N) is 1. The molecule has 24 heavy (non-hydrogen) atoms. The van der Waals surface area contributed by atoms with Crippen LogP contribution in [0.15, 0.2) is 11.6 Å². The fraction of sp³-hybridized carbons (Fsp3) is 0.842. The van der Waals surface area contributed by atoms with Crippen molar-refractivity contribution >= 4 is 5.91 Å². The van der Waals surface area contributed by atoms with E-state index in [2.05, 4.69) is 50.6 Å². The summed E-state index contributed by atoms with van der Waals surface area (Å²) in [4.78, 5) is 19.1. The number of piperazine rings is 1. The van der Waals surface area contributed by atoms with E-state index in [1.807, 2.05) is 7.05 Å². The molecule has 1 saturated carbocycles. The Morgan fingerprint density at radius 1 is 1.29 bits per heavy atom. The fourth-order valence-electron chi connectivity index (χ4n) is 3.85. The summed E-state index contributed by atoms with van der Waals surface area (Å²) in [5, 5.41) is 10.4. The van der Waals surface area contributed by atoms with Gasteiger partial charge >= 0.3 is 0 Å². The molecule has 2 aliphatic rings. The van der Waals surface area contributed by atoms with Crippen LogP contribution in [0.2, 0.25) is 0 Å². The Morgan fingerprint density at radius 2 is 1.88 bits per heavy atom. The summed E-state index contributed by atoms with van der Waals surface area (Å²) in [6.45, 7) is 13.6. The van der Waals surface area contributed by atoms with E-state index >= 15 is 0 Å². The Morgan fingerprint density at radius 3 is 2.42 bits per heavy atom. The first-order chi connectivity index (χ1) is 11.1. The summed E-state index contributed by atoms with van der Waals surface area (Å²) in [5.74, 6) is 0.542. The average Bonchev–Trinajstić information content (AvgIpc) is 3.00. The minimum atomic E-state index is -0.480. The zero-order valence-corrected chi connectivity index (χ0v) is 16.2. The molecule has 0 bridgehead atoms. The van der Waals surface area contributed by atoms with Gasteiger partial charge in [-0.25, -0.2) is 0 Å². The van der Waals surface area contributed by atoms with Gasteiger partial charge in [-0.15, -0.1) is 0 Å². The van der Waals surface area contributed by atoms with Gasteiger partial charge in [0.15, 0.2) is 0 Å². The Labute approximate surface area is 147 Å². The molecule has 138 valence electrons. The molecule has 1 N–H and O–H groups in total. The Balaban J connectivity index is 1.82. The topological polar surface area (TPSA) is 47.0 Å². The third-order valence-corrected chi connectivity index (χ3v) is 5.62. The van der Waals surface area contributed by atoms with Crippen molar-refractivity contribution in [2.75, 3.05) is 53.4 Å². The molecule has 1 aliphatic carbocycles. The molecule has 5 heteroatoms. The number of aliphatic hydroxyl groups excluding tert-OH is 1. The molecule has 1 heterocycles. The lowest BCUT2D eigenvalue weighted by Gasteiger charge is -2.34. The van der Waals surface area contributed by atoms with Crippen molar-refractivity contribution in [3.05, 3.63) is 11.6 Å². The minimum Gasteiger partial charge on any atom is -0.390 e. The van der Waals surface area contributed by atoms with Gasteiger partial charge in [-0.1, -0.05) is 25.5 Å². The lowest BCUT2D eigenvalue weighted by atomic mass is 10.1. The predicted molar refractivity (Wildman–Crippen MR) is 97.8 cm³/mol. The lowest BCUT2D eigenvalue weighted by Crippen LogP contribution is -2.49. The molecule has 2 fully saturated rings. The van der Waals surface area contributed by atoms with Crippen LogP contribution < -0.4 is 0 Å². The van der Waals surface area contributed by atoms with Gasteiger partial charge in [0.2, 0.25) is 5.91 Å². The van der Waals surface area contributed by atoms with Gasteiger partial charge in [0.05, 0.1) is 12.0 Å². The molecule has 0 radical (unpaired) electrons. The van der Waals surface area contributed by atoms with Gasteiger partial charge < -0.3 is 14.9 Å². The first-order valence-corrected chi connectivity index (χ1v) is 9.12. The number of likely N-dealkylation sites (N-methyl/N-ethyl adjacent to an activating group) is 2. The van der Waals surface area contributed by atoms with E-state index in [1.54, 1.807) is 4.90 Å². The van der Waals surface area contributed by atoms with Crippen LogP contribution in [0.5, 0.6) is 0 Å². The highest BCUT2D eigenvalue weighted by Crippen LogP contribution is 2.59.